The van der Waals surface area contributed by atoms with E-state index in [9.17, 15) is 9.18 Å². The molecule has 1 heterocycles. The van der Waals surface area contributed by atoms with Crippen molar-refractivity contribution in [2.75, 3.05) is 0 Å². The van der Waals surface area contributed by atoms with Crippen molar-refractivity contribution in [1.82, 2.24) is 10.2 Å². The fraction of sp³-hybridized carbons (Fsp3) is 0.0714. The van der Waals surface area contributed by atoms with Crippen molar-refractivity contribution in [2.45, 2.75) is 6.92 Å². The van der Waals surface area contributed by atoms with Crippen LogP contribution in [0.15, 0.2) is 29.1 Å². The normalized spacial score (nSPS) is 10.6. The van der Waals surface area contributed by atoms with Gasteiger partial charge in [-0.3, -0.25) is 4.79 Å². The van der Waals surface area contributed by atoms with Gasteiger partial charge in [0.15, 0.2) is 0 Å². The van der Waals surface area contributed by atoms with Gasteiger partial charge in [-0.15, -0.1) is 0 Å². The Morgan fingerprint density at radius 3 is 2.89 bits per heavy atom. The molecule has 1 N–H and O–H groups in total. The van der Waals surface area contributed by atoms with Crippen LogP contribution >= 0.6 is 0 Å². The van der Waals surface area contributed by atoms with E-state index in [1.165, 1.54) is 12.1 Å². The maximum absolute atomic E-state index is 13.0. The highest BCUT2D eigenvalue weighted by Gasteiger charge is 2.07. The summed E-state index contributed by atoms with van der Waals surface area (Å²) in [6.45, 7) is 1.64. The van der Waals surface area contributed by atoms with E-state index in [0.29, 0.717) is 16.8 Å². The summed E-state index contributed by atoms with van der Waals surface area (Å²) in [6, 6.07) is 7.91. The summed E-state index contributed by atoms with van der Waals surface area (Å²) in [5, 5.41) is 15.0. The molecule has 0 bridgehead atoms. The Morgan fingerprint density at radius 1 is 1.42 bits per heavy atom. The number of nitriles is 1. The van der Waals surface area contributed by atoms with Crippen molar-refractivity contribution < 1.29 is 4.39 Å². The van der Waals surface area contributed by atoms with Crippen molar-refractivity contribution in [3.63, 3.8) is 0 Å². The molecule has 94 valence electrons. The zero-order chi connectivity index (χ0) is 13.8. The van der Waals surface area contributed by atoms with Gasteiger partial charge >= 0.3 is 0 Å². The zero-order valence-corrected chi connectivity index (χ0v) is 10.1. The first-order valence-electron chi connectivity index (χ1n) is 5.55. The van der Waals surface area contributed by atoms with Gasteiger partial charge in [0.1, 0.15) is 17.4 Å². The minimum atomic E-state index is -0.511. The van der Waals surface area contributed by atoms with E-state index in [1.54, 1.807) is 31.2 Å². The largest absolute Gasteiger partial charge is 0.282 e. The molecule has 0 fully saturated rings. The number of nitrogens with zero attached hydrogens (tertiary/aromatic N) is 2. The number of hydrogen-bond acceptors (Lipinski definition) is 3. The molecule has 0 aliphatic heterocycles. The molecule has 1 aromatic heterocycles. The number of halogens is 1. The van der Waals surface area contributed by atoms with E-state index in [4.69, 9.17) is 5.26 Å². The van der Waals surface area contributed by atoms with Crippen LogP contribution in [0.25, 0.3) is 12.2 Å². The van der Waals surface area contributed by atoms with Gasteiger partial charge in [-0.05, 0) is 36.3 Å². The third-order valence-corrected chi connectivity index (χ3v) is 2.66. The van der Waals surface area contributed by atoms with Crippen molar-refractivity contribution >= 4 is 12.2 Å². The van der Waals surface area contributed by atoms with E-state index in [-0.39, 0.29) is 11.4 Å². The topological polar surface area (TPSA) is 69.5 Å². The SMILES string of the molecule is Cc1c(/C=C/c2cccc(F)c2)n[nH]c(=O)c1C#N. The molecule has 5 heteroatoms. The lowest BCUT2D eigenvalue weighted by molar-refractivity contribution is 0.627. The number of aromatic amines is 1. The third-order valence-electron chi connectivity index (χ3n) is 2.66. The lowest BCUT2D eigenvalue weighted by Crippen LogP contribution is -2.15. The Labute approximate surface area is 108 Å². The van der Waals surface area contributed by atoms with E-state index in [1.807, 2.05) is 6.07 Å². The second kappa shape index (κ2) is 5.27. The Hall–Kier alpha value is -2.74. The Kier molecular flexibility index (Phi) is 3.53. The first-order chi connectivity index (χ1) is 9.11. The molecule has 0 saturated carbocycles. The first-order valence-corrected chi connectivity index (χ1v) is 5.55. The van der Waals surface area contributed by atoms with Crippen LogP contribution in [0.5, 0.6) is 0 Å². The number of benzene rings is 1. The molecule has 0 radical (unpaired) electrons. The summed E-state index contributed by atoms with van der Waals surface area (Å²) in [7, 11) is 0. The Morgan fingerprint density at radius 2 is 2.21 bits per heavy atom. The molecular weight excluding hydrogens is 245 g/mol. The predicted octanol–water partition coefficient (Wildman–Crippen LogP) is 2.26. The minimum absolute atomic E-state index is 0.0360. The summed E-state index contributed by atoms with van der Waals surface area (Å²) in [4.78, 5) is 11.3. The van der Waals surface area contributed by atoms with E-state index >= 15 is 0 Å². The molecule has 0 aliphatic carbocycles. The van der Waals surface area contributed by atoms with Crippen molar-refractivity contribution in [3.8, 4) is 6.07 Å². The molecule has 2 aromatic rings. The number of hydrogen-bond donors (Lipinski definition) is 1. The molecule has 2 rings (SSSR count). The fourth-order valence-corrected chi connectivity index (χ4v) is 1.63. The maximum atomic E-state index is 13.0. The molecule has 0 spiro atoms. The van der Waals surface area contributed by atoms with Gasteiger partial charge in [-0.1, -0.05) is 18.2 Å². The molecule has 1 aromatic carbocycles. The van der Waals surface area contributed by atoms with Gasteiger partial charge in [0.05, 0.1) is 5.69 Å². The van der Waals surface area contributed by atoms with Gasteiger partial charge in [0.2, 0.25) is 0 Å². The summed E-state index contributed by atoms with van der Waals surface area (Å²) in [5.74, 6) is -0.328. The van der Waals surface area contributed by atoms with Crippen LogP contribution in [0.2, 0.25) is 0 Å². The van der Waals surface area contributed by atoms with Crippen molar-refractivity contribution in [1.29, 1.82) is 5.26 Å². The second-order valence-corrected chi connectivity index (χ2v) is 3.94. The van der Waals surface area contributed by atoms with E-state index in [0.717, 1.165) is 0 Å². The average Bonchev–Trinajstić information content (AvgIpc) is 2.38. The van der Waals surface area contributed by atoms with Crippen LogP contribution in [-0.2, 0) is 0 Å². The van der Waals surface area contributed by atoms with Gasteiger partial charge < -0.3 is 0 Å². The predicted molar refractivity (Wildman–Crippen MR) is 69.6 cm³/mol. The summed E-state index contributed by atoms with van der Waals surface area (Å²) in [6.07, 6.45) is 3.29. The van der Waals surface area contributed by atoms with Crippen molar-refractivity contribution in [3.05, 3.63) is 62.8 Å². The second-order valence-electron chi connectivity index (χ2n) is 3.94. The zero-order valence-electron chi connectivity index (χ0n) is 10.1. The molecule has 0 unspecified atom stereocenters. The maximum Gasteiger partial charge on any atom is 0.282 e. The van der Waals surface area contributed by atoms with Crippen LogP contribution < -0.4 is 5.56 Å². The van der Waals surface area contributed by atoms with Crippen LogP contribution in [0.1, 0.15) is 22.4 Å². The lowest BCUT2D eigenvalue weighted by Gasteiger charge is -2.00. The first kappa shape index (κ1) is 12.7. The summed E-state index contributed by atoms with van der Waals surface area (Å²) in [5.41, 5.74) is 1.17. The summed E-state index contributed by atoms with van der Waals surface area (Å²) >= 11 is 0. The van der Waals surface area contributed by atoms with E-state index in [2.05, 4.69) is 10.2 Å². The highest BCUT2D eigenvalue weighted by molar-refractivity contribution is 5.69. The Balaban J connectivity index is 2.40. The number of nitrogens with one attached hydrogen (secondary N) is 1. The number of rotatable bonds is 2. The molecule has 0 saturated heterocycles. The minimum Gasteiger partial charge on any atom is -0.267 e. The summed E-state index contributed by atoms with van der Waals surface area (Å²) < 4.78 is 13.0. The molecule has 0 aliphatic rings. The van der Waals surface area contributed by atoms with Crippen LogP contribution in [-0.4, -0.2) is 10.2 Å². The molecular formula is C14H10FN3O. The standard InChI is InChI=1S/C14H10FN3O/c1-9-12(8-16)14(19)18-17-13(9)6-5-10-3-2-4-11(15)7-10/h2-7H,1H3,(H,18,19)/b6-5+. The van der Waals surface area contributed by atoms with Crippen LogP contribution in [0.3, 0.4) is 0 Å². The smallest absolute Gasteiger partial charge is 0.267 e. The number of H-pyrrole nitrogens is 1. The highest BCUT2D eigenvalue weighted by Crippen LogP contribution is 2.11. The monoisotopic (exact) mass is 255 g/mol. The van der Waals surface area contributed by atoms with Gasteiger partial charge in [-0.2, -0.15) is 10.4 Å². The molecule has 0 atom stereocenters. The third kappa shape index (κ3) is 2.75. The van der Waals surface area contributed by atoms with Gasteiger partial charge in [-0.25, -0.2) is 9.49 Å². The van der Waals surface area contributed by atoms with Crippen LogP contribution in [0.4, 0.5) is 4.39 Å². The fourth-order valence-electron chi connectivity index (χ4n) is 1.63. The van der Waals surface area contributed by atoms with Crippen molar-refractivity contribution in [2.24, 2.45) is 0 Å². The lowest BCUT2D eigenvalue weighted by atomic mass is 10.1. The van der Waals surface area contributed by atoms with Gasteiger partial charge in [0.25, 0.3) is 5.56 Å². The average molecular weight is 255 g/mol. The molecule has 4 nitrogen and oxygen atoms in total. The molecule has 0 amide bonds. The Bertz CT molecular complexity index is 741. The number of aromatic nitrogens is 2. The van der Waals surface area contributed by atoms with Crippen LogP contribution in [0, 0.1) is 24.1 Å². The van der Waals surface area contributed by atoms with E-state index < -0.39 is 5.56 Å². The molecule has 19 heavy (non-hydrogen) atoms. The quantitative estimate of drug-likeness (QED) is 0.894. The van der Waals surface area contributed by atoms with Gasteiger partial charge in [0, 0.05) is 0 Å². The highest BCUT2D eigenvalue weighted by atomic mass is 19.1.